The number of benzene rings is 2. The highest BCUT2D eigenvalue weighted by Gasteiger charge is 2.52. The van der Waals surface area contributed by atoms with Gasteiger partial charge in [-0.2, -0.15) is 18.2 Å². The first-order chi connectivity index (χ1) is 17.5. The molecule has 0 saturated heterocycles. The highest BCUT2D eigenvalue weighted by Crippen LogP contribution is 2.49. The van der Waals surface area contributed by atoms with Crippen molar-refractivity contribution in [1.29, 1.82) is 0 Å². The van der Waals surface area contributed by atoms with Crippen molar-refractivity contribution in [1.82, 2.24) is 15.0 Å². The smallest absolute Gasteiger partial charge is 0.416 e. The molecule has 9 heteroatoms. The third-order valence-electron chi connectivity index (χ3n) is 7.16. The number of aromatic nitrogens is 2. The van der Waals surface area contributed by atoms with Crippen molar-refractivity contribution in [2.75, 3.05) is 6.54 Å². The maximum absolute atomic E-state index is 13.4. The Bertz CT molecular complexity index is 1250. The second kappa shape index (κ2) is 9.19. The fourth-order valence-electron chi connectivity index (χ4n) is 4.96. The molecule has 2 aliphatic carbocycles. The van der Waals surface area contributed by atoms with Crippen LogP contribution in [0.1, 0.15) is 69.3 Å². The van der Waals surface area contributed by atoms with E-state index < -0.39 is 22.8 Å². The zero-order valence-electron chi connectivity index (χ0n) is 21.1. The van der Waals surface area contributed by atoms with Crippen LogP contribution in [-0.2, 0) is 16.3 Å². The van der Waals surface area contributed by atoms with E-state index in [4.69, 9.17) is 9.26 Å². The van der Waals surface area contributed by atoms with Gasteiger partial charge in [-0.3, -0.25) is 0 Å². The lowest BCUT2D eigenvalue weighted by Gasteiger charge is -2.43. The SMILES string of the molecule is CC(C)(C)OC(=O)N(CC1(c2noc(-c3ccc(C(F)(F)F)cc3)n2)CCC1)C1C[C@@H]1c1ccccc1. The highest BCUT2D eigenvalue weighted by molar-refractivity contribution is 5.70. The Kier molecular flexibility index (Phi) is 6.28. The molecule has 3 aromatic rings. The van der Waals surface area contributed by atoms with Crippen molar-refractivity contribution in [2.45, 2.75) is 75.6 Å². The predicted molar refractivity (Wildman–Crippen MR) is 131 cm³/mol. The zero-order chi connectivity index (χ0) is 26.4. The van der Waals surface area contributed by atoms with Crippen LogP contribution < -0.4 is 0 Å². The summed E-state index contributed by atoms with van der Waals surface area (Å²) in [5.74, 6) is 0.866. The van der Waals surface area contributed by atoms with Gasteiger partial charge in [0.2, 0.25) is 0 Å². The molecule has 196 valence electrons. The van der Waals surface area contributed by atoms with Gasteiger partial charge in [0.05, 0.1) is 11.0 Å². The number of carbonyl (C=O) groups excluding carboxylic acids is 1. The van der Waals surface area contributed by atoms with Gasteiger partial charge in [-0.15, -0.1) is 0 Å². The Hall–Kier alpha value is -3.36. The first kappa shape index (κ1) is 25.3. The number of nitrogens with zero attached hydrogens (tertiary/aromatic N) is 3. The average molecular weight is 514 g/mol. The topological polar surface area (TPSA) is 68.5 Å². The molecule has 1 unspecified atom stereocenters. The lowest BCUT2D eigenvalue weighted by Crippen LogP contribution is -2.50. The molecule has 2 atom stereocenters. The van der Waals surface area contributed by atoms with Gasteiger partial charge in [-0.25, -0.2) is 4.79 Å². The second-order valence-corrected chi connectivity index (χ2v) is 11.1. The van der Waals surface area contributed by atoms with Gasteiger partial charge in [-0.1, -0.05) is 41.9 Å². The maximum atomic E-state index is 13.4. The minimum Gasteiger partial charge on any atom is -0.444 e. The first-order valence-electron chi connectivity index (χ1n) is 12.5. The normalized spacial score (nSPS) is 20.7. The molecule has 0 radical (unpaired) electrons. The molecule has 0 bridgehead atoms. The predicted octanol–water partition coefficient (Wildman–Crippen LogP) is 6.97. The fraction of sp³-hybridized carbons (Fsp3) is 0.464. The summed E-state index contributed by atoms with van der Waals surface area (Å²) in [6, 6.07) is 14.8. The summed E-state index contributed by atoms with van der Waals surface area (Å²) >= 11 is 0. The minimum absolute atomic E-state index is 0.0102. The Morgan fingerprint density at radius 2 is 1.76 bits per heavy atom. The van der Waals surface area contributed by atoms with Crippen LogP contribution in [0.2, 0.25) is 0 Å². The highest BCUT2D eigenvalue weighted by atomic mass is 19.4. The number of halogens is 3. The lowest BCUT2D eigenvalue weighted by atomic mass is 9.67. The Morgan fingerprint density at radius 3 is 2.32 bits per heavy atom. The zero-order valence-corrected chi connectivity index (χ0v) is 21.1. The minimum atomic E-state index is -4.42. The van der Waals surface area contributed by atoms with E-state index >= 15 is 0 Å². The molecule has 0 aliphatic heterocycles. The van der Waals surface area contributed by atoms with Crippen molar-refractivity contribution in [3.63, 3.8) is 0 Å². The average Bonchev–Trinajstić information content (AvgIpc) is 3.44. The molecule has 0 spiro atoms. The summed E-state index contributed by atoms with van der Waals surface area (Å²) in [5.41, 5.74) is -0.267. The van der Waals surface area contributed by atoms with Gasteiger partial charge in [-0.05, 0) is 69.9 Å². The number of alkyl halides is 3. The molecule has 1 aromatic heterocycles. The van der Waals surface area contributed by atoms with Gasteiger partial charge in [0.1, 0.15) is 5.60 Å². The van der Waals surface area contributed by atoms with E-state index in [1.54, 1.807) is 0 Å². The van der Waals surface area contributed by atoms with Crippen LogP contribution in [0.5, 0.6) is 0 Å². The van der Waals surface area contributed by atoms with E-state index in [1.165, 1.54) is 17.7 Å². The fourth-order valence-corrected chi connectivity index (χ4v) is 4.96. The number of amides is 1. The van der Waals surface area contributed by atoms with E-state index in [1.807, 2.05) is 43.9 Å². The monoisotopic (exact) mass is 513 g/mol. The Labute approximate surface area is 213 Å². The molecule has 2 aliphatic rings. The van der Waals surface area contributed by atoms with Crippen LogP contribution in [0.25, 0.3) is 11.5 Å². The van der Waals surface area contributed by atoms with Crippen LogP contribution in [0.4, 0.5) is 18.0 Å². The van der Waals surface area contributed by atoms with Gasteiger partial charge in [0.15, 0.2) is 5.82 Å². The van der Waals surface area contributed by atoms with E-state index in [-0.39, 0.29) is 23.9 Å². The summed E-state index contributed by atoms with van der Waals surface area (Å²) in [6.07, 6.45) is -1.42. The molecule has 2 aromatic carbocycles. The third kappa shape index (κ3) is 5.36. The Balaban J connectivity index is 1.39. The lowest BCUT2D eigenvalue weighted by molar-refractivity contribution is -0.137. The molecular formula is C28H30F3N3O3. The number of carbonyl (C=O) groups is 1. The number of hydrogen-bond acceptors (Lipinski definition) is 5. The van der Waals surface area contributed by atoms with Gasteiger partial charge in [0, 0.05) is 24.1 Å². The molecule has 37 heavy (non-hydrogen) atoms. The molecule has 1 amide bonds. The van der Waals surface area contributed by atoms with Gasteiger partial charge < -0.3 is 14.2 Å². The van der Waals surface area contributed by atoms with Gasteiger partial charge in [0.25, 0.3) is 5.89 Å². The van der Waals surface area contributed by atoms with Crippen LogP contribution in [-0.4, -0.2) is 39.3 Å². The Morgan fingerprint density at radius 1 is 1.08 bits per heavy atom. The van der Waals surface area contributed by atoms with Crippen molar-refractivity contribution in [3.05, 3.63) is 71.5 Å². The molecule has 2 fully saturated rings. The quantitative estimate of drug-likeness (QED) is 0.356. The molecular weight excluding hydrogens is 483 g/mol. The summed E-state index contributed by atoms with van der Waals surface area (Å²) in [6.45, 7) is 5.93. The van der Waals surface area contributed by atoms with Crippen LogP contribution in [0, 0.1) is 0 Å². The van der Waals surface area contributed by atoms with Crippen molar-refractivity contribution >= 4 is 6.09 Å². The van der Waals surface area contributed by atoms with Crippen molar-refractivity contribution in [2.24, 2.45) is 0 Å². The van der Waals surface area contributed by atoms with Crippen LogP contribution >= 0.6 is 0 Å². The van der Waals surface area contributed by atoms with Crippen molar-refractivity contribution < 1.29 is 27.2 Å². The van der Waals surface area contributed by atoms with Crippen molar-refractivity contribution in [3.8, 4) is 11.5 Å². The number of hydrogen-bond donors (Lipinski definition) is 0. The van der Waals surface area contributed by atoms with E-state index in [9.17, 15) is 18.0 Å². The van der Waals surface area contributed by atoms with Crippen LogP contribution in [0.15, 0.2) is 59.1 Å². The molecule has 2 saturated carbocycles. The first-order valence-corrected chi connectivity index (χ1v) is 12.5. The summed E-state index contributed by atoms with van der Waals surface area (Å²) in [5, 5.41) is 4.21. The summed E-state index contributed by atoms with van der Waals surface area (Å²) < 4.78 is 50.1. The maximum Gasteiger partial charge on any atom is 0.416 e. The van der Waals surface area contributed by atoms with E-state index in [2.05, 4.69) is 22.3 Å². The second-order valence-electron chi connectivity index (χ2n) is 11.1. The molecule has 5 rings (SSSR count). The summed E-state index contributed by atoms with van der Waals surface area (Å²) in [4.78, 5) is 19.7. The molecule has 1 heterocycles. The van der Waals surface area contributed by atoms with E-state index in [0.717, 1.165) is 37.8 Å². The van der Waals surface area contributed by atoms with Crippen LogP contribution in [0.3, 0.4) is 0 Å². The van der Waals surface area contributed by atoms with Gasteiger partial charge >= 0.3 is 12.3 Å². The number of rotatable bonds is 6. The summed E-state index contributed by atoms with van der Waals surface area (Å²) in [7, 11) is 0. The third-order valence-corrected chi connectivity index (χ3v) is 7.16. The molecule has 6 nitrogen and oxygen atoms in total. The number of ether oxygens (including phenoxy) is 1. The largest absolute Gasteiger partial charge is 0.444 e. The standard InChI is InChI=1S/C28H30F3N3O3/c1-26(2,3)36-25(35)34(22-16-21(22)18-8-5-4-6-9-18)17-27(14-7-15-27)24-32-23(37-33-24)19-10-12-20(13-11-19)28(29,30)31/h4-6,8-13,21-22H,7,14-17H2,1-3H3/t21-,22?/m1/s1. The molecule has 0 N–H and O–H groups in total. The van der Waals surface area contributed by atoms with E-state index in [0.29, 0.717) is 17.9 Å².